The summed E-state index contributed by atoms with van der Waals surface area (Å²) in [5, 5.41) is 19.1. The second kappa shape index (κ2) is 13.0. The summed E-state index contributed by atoms with van der Waals surface area (Å²) in [5.74, 6) is 5.27. The van der Waals surface area contributed by atoms with Crippen LogP contribution >= 0.6 is 0 Å². The second-order valence-electron chi connectivity index (χ2n) is 15.0. The zero-order valence-corrected chi connectivity index (χ0v) is 25.2. The first-order valence-electron chi connectivity index (χ1n) is 16.5. The Balaban J connectivity index is 1.33. The van der Waals surface area contributed by atoms with Gasteiger partial charge in [-0.25, -0.2) is 0 Å². The van der Waals surface area contributed by atoms with Crippen LogP contribution in [0.4, 0.5) is 0 Å². The molecule has 4 heteroatoms. The first-order chi connectivity index (χ1) is 17.7. The molecule has 4 aliphatic carbocycles. The quantitative estimate of drug-likeness (QED) is 0.214. The fourth-order valence-electron chi connectivity index (χ4n) is 10.3. The van der Waals surface area contributed by atoms with Crippen molar-refractivity contribution in [3.05, 3.63) is 0 Å². The Hall–Kier alpha value is -0.160. The van der Waals surface area contributed by atoms with Crippen LogP contribution in [0.5, 0.6) is 0 Å². The van der Waals surface area contributed by atoms with E-state index < -0.39 is 0 Å². The van der Waals surface area contributed by atoms with Crippen LogP contribution in [-0.4, -0.2) is 43.4 Å². The molecule has 0 bridgehead atoms. The molecular weight excluding hydrogens is 454 g/mol. The fourth-order valence-corrected chi connectivity index (χ4v) is 10.3. The third-order valence-corrected chi connectivity index (χ3v) is 12.4. The lowest BCUT2D eigenvalue weighted by Gasteiger charge is -2.62. The molecule has 0 aromatic carbocycles. The van der Waals surface area contributed by atoms with Crippen LogP contribution in [0.2, 0.25) is 0 Å². The summed E-state index contributed by atoms with van der Waals surface area (Å²) >= 11 is 0. The minimum Gasteiger partial charge on any atom is -0.393 e. The second-order valence-corrected chi connectivity index (χ2v) is 15.0. The highest BCUT2D eigenvalue weighted by atomic mass is 16.3. The van der Waals surface area contributed by atoms with Crippen molar-refractivity contribution >= 4 is 0 Å². The Morgan fingerprint density at radius 3 is 2.32 bits per heavy atom. The summed E-state index contributed by atoms with van der Waals surface area (Å²) in [6.07, 6.45) is 16.9. The molecule has 0 radical (unpaired) electrons. The molecule has 0 heterocycles. The molecule has 216 valence electrons. The number of aliphatic hydroxyl groups excluding tert-OH is 1. The molecule has 10 atom stereocenters. The number of aliphatic hydroxyl groups is 1. The van der Waals surface area contributed by atoms with Gasteiger partial charge in [0.25, 0.3) is 0 Å². The van der Waals surface area contributed by atoms with Gasteiger partial charge in [0.1, 0.15) is 0 Å². The molecule has 4 fully saturated rings. The SMILES string of the molecule is CC(C)CCC[C@@H](C)[C@H]1CCC2C3C(CC[C@@]21C)[C@@]1(C)CC[C@H](NCCCNCCCN)CC1C[C@H]3O. The van der Waals surface area contributed by atoms with Crippen molar-refractivity contribution in [1.82, 2.24) is 10.6 Å². The monoisotopic (exact) mass is 517 g/mol. The van der Waals surface area contributed by atoms with E-state index in [0.29, 0.717) is 28.7 Å². The lowest BCUT2D eigenvalue weighted by Crippen LogP contribution is -2.59. The zero-order valence-electron chi connectivity index (χ0n) is 25.2. The summed E-state index contributed by atoms with van der Waals surface area (Å²) in [4.78, 5) is 0. The molecule has 37 heavy (non-hydrogen) atoms. The summed E-state index contributed by atoms with van der Waals surface area (Å²) in [5.41, 5.74) is 6.48. The Bertz CT molecular complexity index is 699. The van der Waals surface area contributed by atoms with Gasteiger partial charge >= 0.3 is 0 Å². The van der Waals surface area contributed by atoms with Gasteiger partial charge < -0.3 is 21.5 Å². The van der Waals surface area contributed by atoms with E-state index in [0.717, 1.165) is 68.6 Å². The van der Waals surface area contributed by atoms with Crippen LogP contribution in [0.1, 0.15) is 118 Å². The lowest BCUT2D eigenvalue weighted by atomic mass is 9.43. The van der Waals surface area contributed by atoms with Gasteiger partial charge in [-0.3, -0.25) is 0 Å². The van der Waals surface area contributed by atoms with E-state index in [2.05, 4.69) is 45.3 Å². The van der Waals surface area contributed by atoms with Gasteiger partial charge in [-0.05, 0) is 143 Å². The first kappa shape index (κ1) is 29.8. The van der Waals surface area contributed by atoms with Gasteiger partial charge in [-0.1, -0.05) is 53.9 Å². The van der Waals surface area contributed by atoms with Crippen LogP contribution in [0, 0.1) is 52.3 Å². The molecule has 4 nitrogen and oxygen atoms in total. The molecule has 0 amide bonds. The minimum atomic E-state index is -0.0757. The maximum absolute atomic E-state index is 11.7. The topological polar surface area (TPSA) is 70.3 Å². The van der Waals surface area contributed by atoms with Crippen molar-refractivity contribution in [3.8, 4) is 0 Å². The van der Waals surface area contributed by atoms with E-state index in [9.17, 15) is 5.11 Å². The number of hydrogen-bond acceptors (Lipinski definition) is 4. The van der Waals surface area contributed by atoms with Crippen molar-refractivity contribution in [3.63, 3.8) is 0 Å². The molecule has 5 N–H and O–H groups in total. The Morgan fingerprint density at radius 2 is 1.57 bits per heavy atom. The van der Waals surface area contributed by atoms with E-state index >= 15 is 0 Å². The van der Waals surface area contributed by atoms with Crippen LogP contribution < -0.4 is 16.4 Å². The standard InChI is InChI=1S/C33H63N3O/c1-23(2)9-6-10-24(3)27-11-12-28-31-29(14-16-33(27,28)5)32(4)15-13-26(21-25(32)22-30(31)37)36-20-8-19-35-18-7-17-34/h23-31,35-37H,6-22,34H2,1-5H3/t24-,25?,26+,27-,28?,29?,30-,31?,32+,33-/m1/s1. The van der Waals surface area contributed by atoms with E-state index in [4.69, 9.17) is 5.73 Å². The molecule has 0 spiro atoms. The molecule has 4 unspecified atom stereocenters. The third-order valence-electron chi connectivity index (χ3n) is 12.4. The van der Waals surface area contributed by atoms with Crippen molar-refractivity contribution in [2.24, 2.45) is 58.0 Å². The van der Waals surface area contributed by atoms with Crippen LogP contribution in [-0.2, 0) is 0 Å². The van der Waals surface area contributed by atoms with Crippen LogP contribution in [0.3, 0.4) is 0 Å². The smallest absolute Gasteiger partial charge is 0.0577 e. The van der Waals surface area contributed by atoms with Crippen LogP contribution in [0.15, 0.2) is 0 Å². The summed E-state index contributed by atoms with van der Waals surface area (Å²) in [6.45, 7) is 16.6. The number of hydrogen-bond donors (Lipinski definition) is 4. The van der Waals surface area contributed by atoms with Gasteiger partial charge in [0.15, 0.2) is 0 Å². The Kier molecular flexibility index (Phi) is 10.5. The van der Waals surface area contributed by atoms with Gasteiger partial charge in [0.2, 0.25) is 0 Å². The van der Waals surface area contributed by atoms with Crippen molar-refractivity contribution in [2.75, 3.05) is 26.2 Å². The molecule has 0 aromatic heterocycles. The third kappa shape index (κ3) is 6.44. The molecule has 4 aliphatic rings. The lowest BCUT2D eigenvalue weighted by molar-refractivity contribution is -0.167. The van der Waals surface area contributed by atoms with Crippen LogP contribution in [0.25, 0.3) is 0 Å². The average molecular weight is 518 g/mol. The number of nitrogens with two attached hydrogens (primary N) is 1. The van der Waals surface area contributed by atoms with E-state index in [-0.39, 0.29) is 6.10 Å². The van der Waals surface area contributed by atoms with E-state index in [1.807, 2.05) is 0 Å². The zero-order chi connectivity index (χ0) is 26.6. The highest BCUT2D eigenvalue weighted by Crippen LogP contribution is 2.68. The van der Waals surface area contributed by atoms with Crippen molar-refractivity contribution in [1.29, 1.82) is 0 Å². The Labute approximate surface area is 230 Å². The summed E-state index contributed by atoms with van der Waals surface area (Å²) in [7, 11) is 0. The normalized spacial score (nSPS) is 42.3. The maximum atomic E-state index is 11.7. The van der Waals surface area contributed by atoms with E-state index in [1.165, 1.54) is 70.6 Å². The highest BCUT2D eigenvalue weighted by Gasteiger charge is 2.62. The van der Waals surface area contributed by atoms with Crippen molar-refractivity contribution in [2.45, 2.75) is 130 Å². The number of rotatable bonds is 13. The molecule has 4 rings (SSSR count). The van der Waals surface area contributed by atoms with E-state index in [1.54, 1.807) is 0 Å². The predicted molar refractivity (Wildman–Crippen MR) is 157 cm³/mol. The average Bonchev–Trinajstić information content (AvgIpc) is 3.21. The Morgan fingerprint density at radius 1 is 0.838 bits per heavy atom. The fraction of sp³-hybridized carbons (Fsp3) is 1.00. The van der Waals surface area contributed by atoms with Gasteiger partial charge in [-0.15, -0.1) is 0 Å². The predicted octanol–water partition coefficient (Wildman–Crippen LogP) is 6.37. The summed E-state index contributed by atoms with van der Waals surface area (Å²) < 4.78 is 0. The highest BCUT2D eigenvalue weighted by molar-refractivity contribution is 5.12. The molecule has 0 saturated heterocycles. The summed E-state index contributed by atoms with van der Waals surface area (Å²) in [6, 6.07) is 0.641. The maximum Gasteiger partial charge on any atom is 0.0577 e. The van der Waals surface area contributed by atoms with Gasteiger partial charge in [-0.2, -0.15) is 0 Å². The minimum absolute atomic E-state index is 0.0757. The molecule has 4 saturated carbocycles. The number of fused-ring (bicyclic) bond motifs is 5. The first-order valence-corrected chi connectivity index (χ1v) is 16.5. The largest absolute Gasteiger partial charge is 0.393 e. The number of nitrogens with one attached hydrogen (secondary N) is 2. The van der Waals surface area contributed by atoms with Gasteiger partial charge in [0.05, 0.1) is 6.10 Å². The van der Waals surface area contributed by atoms with Gasteiger partial charge in [0, 0.05) is 6.04 Å². The van der Waals surface area contributed by atoms with Crippen molar-refractivity contribution < 1.29 is 5.11 Å². The molecule has 0 aromatic rings. The molecule has 0 aliphatic heterocycles. The molecular formula is C33H63N3O.